The van der Waals surface area contributed by atoms with Gasteiger partial charge in [-0.2, -0.15) is 0 Å². The van der Waals surface area contributed by atoms with Crippen molar-refractivity contribution >= 4 is 10.8 Å². The van der Waals surface area contributed by atoms with Crippen molar-refractivity contribution in [1.82, 2.24) is 0 Å². The van der Waals surface area contributed by atoms with Crippen molar-refractivity contribution in [3.05, 3.63) is 12.2 Å². The second-order valence-corrected chi connectivity index (χ2v) is 5.44. The predicted octanol–water partition coefficient (Wildman–Crippen LogP) is 2.11. The topological polar surface area (TPSA) is 17.1 Å². The van der Waals surface area contributed by atoms with Gasteiger partial charge in [0.15, 0.2) is 0 Å². The third kappa shape index (κ3) is 3.83. The molecule has 2 heteroatoms. The molecule has 0 fully saturated rings. The molecule has 0 aromatic rings. The van der Waals surface area contributed by atoms with Gasteiger partial charge in [0.1, 0.15) is 0 Å². The van der Waals surface area contributed by atoms with Crippen LogP contribution in [0, 0.1) is 0 Å². The number of rotatable bonds is 2. The molecule has 1 nitrogen and oxygen atoms in total. The molecule has 0 aromatic carbocycles. The van der Waals surface area contributed by atoms with Crippen LogP contribution in [0.1, 0.15) is 27.7 Å². The van der Waals surface area contributed by atoms with Crippen LogP contribution < -0.4 is 0 Å². The Morgan fingerprint density at radius 2 is 1.90 bits per heavy atom. The fraction of sp³-hybridized carbons (Fsp3) is 0.750. The summed E-state index contributed by atoms with van der Waals surface area (Å²) in [5.74, 6) is 0.681. The molecule has 0 radical (unpaired) electrons. The number of hydrogen-bond acceptors (Lipinski definition) is 1. The van der Waals surface area contributed by atoms with Crippen molar-refractivity contribution in [3.63, 3.8) is 0 Å². The Morgan fingerprint density at radius 3 is 2.20 bits per heavy atom. The van der Waals surface area contributed by atoms with Gasteiger partial charge in [0.05, 0.1) is 0 Å². The van der Waals surface area contributed by atoms with E-state index in [2.05, 4.69) is 0 Å². The summed E-state index contributed by atoms with van der Waals surface area (Å²) in [7, 11) is -0.724. The molecule has 0 aliphatic carbocycles. The molecular weight excluding hydrogens is 144 g/mol. The monoisotopic (exact) mass is 160 g/mol. The molecule has 1 atom stereocenters. The average Bonchev–Trinajstić information content (AvgIpc) is 1.80. The lowest BCUT2D eigenvalue weighted by Crippen LogP contribution is -2.23. The van der Waals surface area contributed by atoms with E-state index in [1.165, 1.54) is 0 Å². The van der Waals surface area contributed by atoms with Crippen LogP contribution in [0.5, 0.6) is 0 Å². The van der Waals surface area contributed by atoms with Gasteiger partial charge in [-0.3, -0.25) is 4.21 Å². The molecule has 60 valence electrons. The van der Waals surface area contributed by atoms with E-state index in [-0.39, 0.29) is 4.75 Å². The highest BCUT2D eigenvalue weighted by atomic mass is 32.2. The van der Waals surface area contributed by atoms with Crippen LogP contribution >= 0.6 is 0 Å². The average molecular weight is 160 g/mol. The molecule has 0 heterocycles. The third-order valence-electron chi connectivity index (χ3n) is 1.17. The first-order chi connectivity index (χ1) is 4.48. The third-order valence-corrected chi connectivity index (χ3v) is 3.03. The van der Waals surface area contributed by atoms with Crippen LogP contribution in [0.2, 0.25) is 0 Å². The summed E-state index contributed by atoms with van der Waals surface area (Å²) in [4.78, 5) is 0. The van der Waals surface area contributed by atoms with E-state index in [1.807, 2.05) is 39.8 Å². The molecule has 0 aliphatic heterocycles. The highest BCUT2D eigenvalue weighted by molar-refractivity contribution is 7.86. The van der Waals surface area contributed by atoms with Gasteiger partial charge in [0, 0.05) is 21.3 Å². The standard InChI is InChI=1S/C8H16OS/c1-5-6-7-10(9)8(2,3)4/h5-6H,7H2,1-4H3/b6-5+. The summed E-state index contributed by atoms with van der Waals surface area (Å²) in [6.07, 6.45) is 3.88. The minimum Gasteiger partial charge on any atom is -0.259 e. The van der Waals surface area contributed by atoms with E-state index in [4.69, 9.17) is 0 Å². The SMILES string of the molecule is C/C=C/CS(=O)C(C)(C)C. The summed E-state index contributed by atoms with van der Waals surface area (Å²) >= 11 is 0. The lowest BCUT2D eigenvalue weighted by molar-refractivity contribution is 0.651. The molecule has 0 saturated carbocycles. The maximum Gasteiger partial charge on any atom is 0.0420 e. The zero-order chi connectivity index (χ0) is 8.20. The molecule has 0 bridgehead atoms. The molecule has 1 unspecified atom stereocenters. The van der Waals surface area contributed by atoms with E-state index < -0.39 is 10.8 Å². The summed E-state index contributed by atoms with van der Waals surface area (Å²) in [6, 6.07) is 0. The maximum absolute atomic E-state index is 11.3. The molecule has 0 aromatic heterocycles. The van der Waals surface area contributed by atoms with Crippen molar-refractivity contribution < 1.29 is 4.21 Å². The van der Waals surface area contributed by atoms with Crippen LogP contribution in [-0.2, 0) is 10.8 Å². The van der Waals surface area contributed by atoms with E-state index >= 15 is 0 Å². The van der Waals surface area contributed by atoms with Gasteiger partial charge in [-0.15, -0.1) is 0 Å². The first-order valence-electron chi connectivity index (χ1n) is 3.48. The van der Waals surface area contributed by atoms with E-state index in [9.17, 15) is 4.21 Å². The van der Waals surface area contributed by atoms with E-state index in [0.29, 0.717) is 5.75 Å². The quantitative estimate of drug-likeness (QED) is 0.565. The molecule has 0 N–H and O–H groups in total. The number of allylic oxidation sites excluding steroid dienone is 1. The number of hydrogen-bond donors (Lipinski definition) is 0. The van der Waals surface area contributed by atoms with Gasteiger partial charge < -0.3 is 0 Å². The van der Waals surface area contributed by atoms with Crippen LogP contribution in [0.4, 0.5) is 0 Å². The maximum atomic E-state index is 11.3. The highest BCUT2D eigenvalue weighted by Crippen LogP contribution is 2.10. The smallest absolute Gasteiger partial charge is 0.0420 e. The van der Waals surface area contributed by atoms with Crippen molar-refractivity contribution in [2.75, 3.05) is 5.75 Å². The minimum absolute atomic E-state index is 0.0699. The lowest BCUT2D eigenvalue weighted by atomic mass is 10.3. The van der Waals surface area contributed by atoms with Gasteiger partial charge in [-0.1, -0.05) is 12.2 Å². The summed E-state index contributed by atoms with van der Waals surface area (Å²) in [6.45, 7) is 7.92. The summed E-state index contributed by atoms with van der Waals surface area (Å²) in [5.41, 5.74) is 0. The Kier molecular flexibility index (Phi) is 3.87. The molecular formula is C8H16OS. The Balaban J connectivity index is 3.86. The summed E-state index contributed by atoms with van der Waals surface area (Å²) in [5, 5.41) is 0. The van der Waals surface area contributed by atoms with Crippen LogP contribution in [-0.4, -0.2) is 14.7 Å². The van der Waals surface area contributed by atoms with Gasteiger partial charge >= 0.3 is 0 Å². The van der Waals surface area contributed by atoms with Gasteiger partial charge in [0.25, 0.3) is 0 Å². The lowest BCUT2D eigenvalue weighted by Gasteiger charge is -2.15. The molecule has 0 spiro atoms. The second kappa shape index (κ2) is 3.91. The second-order valence-electron chi connectivity index (χ2n) is 3.19. The van der Waals surface area contributed by atoms with Crippen LogP contribution in [0.15, 0.2) is 12.2 Å². The van der Waals surface area contributed by atoms with Crippen molar-refractivity contribution in [3.8, 4) is 0 Å². The molecule has 0 saturated heterocycles. The van der Waals surface area contributed by atoms with Crippen molar-refractivity contribution in [2.24, 2.45) is 0 Å². The first kappa shape index (κ1) is 9.89. The Hall–Kier alpha value is -0.110. The largest absolute Gasteiger partial charge is 0.259 e. The van der Waals surface area contributed by atoms with Gasteiger partial charge in [-0.05, 0) is 27.7 Å². The fourth-order valence-electron chi connectivity index (χ4n) is 0.434. The van der Waals surface area contributed by atoms with Crippen molar-refractivity contribution in [2.45, 2.75) is 32.4 Å². The highest BCUT2D eigenvalue weighted by Gasteiger charge is 2.17. The normalized spacial score (nSPS) is 16.0. The molecule has 10 heavy (non-hydrogen) atoms. The van der Waals surface area contributed by atoms with Gasteiger partial charge in [0.2, 0.25) is 0 Å². The van der Waals surface area contributed by atoms with Crippen LogP contribution in [0.3, 0.4) is 0 Å². The van der Waals surface area contributed by atoms with Crippen LogP contribution in [0.25, 0.3) is 0 Å². The van der Waals surface area contributed by atoms with E-state index in [0.717, 1.165) is 0 Å². The van der Waals surface area contributed by atoms with Gasteiger partial charge in [-0.25, -0.2) is 0 Å². The zero-order valence-corrected chi connectivity index (χ0v) is 7.99. The minimum atomic E-state index is -0.724. The Labute approximate surface area is 66.0 Å². The zero-order valence-electron chi connectivity index (χ0n) is 7.18. The first-order valence-corrected chi connectivity index (χ1v) is 4.80. The molecule has 0 aliphatic rings. The molecule has 0 amide bonds. The Morgan fingerprint density at radius 1 is 1.40 bits per heavy atom. The Bertz CT molecular complexity index is 142. The summed E-state index contributed by atoms with van der Waals surface area (Å²) < 4.78 is 11.2. The molecule has 0 rings (SSSR count). The fourth-order valence-corrected chi connectivity index (χ4v) is 1.30. The van der Waals surface area contributed by atoms with Crippen molar-refractivity contribution in [1.29, 1.82) is 0 Å². The van der Waals surface area contributed by atoms with E-state index in [1.54, 1.807) is 0 Å². The predicted molar refractivity (Wildman–Crippen MR) is 47.6 cm³/mol.